The molecule has 0 bridgehead atoms. The van der Waals surface area contributed by atoms with E-state index in [-0.39, 0.29) is 89.2 Å². The van der Waals surface area contributed by atoms with E-state index in [9.17, 15) is 71.1 Å². The topological polar surface area (TPSA) is 38.0 Å². The smallest absolute Gasteiger partial charge is 0.308 e. The van der Waals surface area contributed by atoms with Crippen molar-refractivity contribution in [2.45, 2.75) is 57.8 Å². The van der Waals surface area contributed by atoms with Crippen LogP contribution < -0.4 is 0 Å². The van der Waals surface area contributed by atoms with Crippen molar-refractivity contribution in [1.82, 2.24) is 9.13 Å². The minimum atomic E-state index is -5.40. The summed E-state index contributed by atoms with van der Waals surface area (Å²) < 4.78 is 265. The monoisotopic (exact) mass is 1290 g/mol. The Bertz CT molecular complexity index is 5190. The quantitative estimate of drug-likeness (QED) is 0.116. The van der Waals surface area contributed by atoms with Crippen LogP contribution in [-0.2, 0) is 37.1 Å². The zero-order valence-electron chi connectivity index (χ0n) is 47.8. The van der Waals surface area contributed by atoms with E-state index >= 15 is 13.2 Å². The Morgan fingerprint density at radius 1 is 0.366 bits per heavy atom. The normalized spacial score (nSPS) is 12.8. The van der Waals surface area contributed by atoms with E-state index in [1.807, 2.05) is 32.0 Å². The molecular formula is C71H38F18N4. The van der Waals surface area contributed by atoms with Gasteiger partial charge >= 0.3 is 37.1 Å². The lowest BCUT2D eigenvalue weighted by Crippen LogP contribution is -2.12. The number of aryl methyl sites for hydroxylation is 3. The number of fused-ring (bicyclic) bond motifs is 6. The van der Waals surface area contributed by atoms with Gasteiger partial charge in [0, 0.05) is 27.1 Å². The number of alkyl halides is 18. The fraction of sp³-hybridized carbons (Fsp3) is 0.127. The number of aromatic nitrogens is 2. The van der Waals surface area contributed by atoms with E-state index < -0.39 is 110 Å². The molecule has 0 aliphatic heterocycles. The lowest BCUT2D eigenvalue weighted by molar-refractivity contribution is -0.144. The van der Waals surface area contributed by atoms with E-state index in [1.165, 1.54) is 70.7 Å². The molecule has 10 aromatic carbocycles. The molecule has 0 radical (unpaired) electrons. The number of nitrogens with zero attached hydrogens (tertiary/aromatic N) is 4. The second-order valence-corrected chi connectivity index (χ2v) is 22.2. The van der Waals surface area contributed by atoms with Gasteiger partial charge < -0.3 is 9.13 Å². The molecule has 0 spiro atoms. The Kier molecular flexibility index (Phi) is 14.7. The average Bonchev–Trinajstić information content (AvgIpc) is 1.60. The van der Waals surface area contributed by atoms with Gasteiger partial charge in [-0.25, -0.2) is 4.85 Å². The van der Waals surface area contributed by atoms with Gasteiger partial charge in [0.1, 0.15) is 11.6 Å². The summed E-state index contributed by atoms with van der Waals surface area (Å²) in [6.07, 6.45) is -31.1. The molecule has 12 rings (SSSR count). The number of nitriles is 1. The largest absolute Gasteiger partial charge is 0.417 e. The summed E-state index contributed by atoms with van der Waals surface area (Å²) in [4.78, 5) is 3.46. The van der Waals surface area contributed by atoms with Crippen LogP contribution in [0.2, 0.25) is 0 Å². The number of hydrogen-bond acceptors (Lipinski definition) is 1. The highest BCUT2D eigenvalue weighted by atomic mass is 19.4. The molecule has 0 saturated heterocycles. The Labute approximate surface area is 514 Å². The lowest BCUT2D eigenvalue weighted by atomic mass is 9.92. The molecule has 0 amide bonds. The van der Waals surface area contributed by atoms with E-state index in [2.05, 4.69) is 10.9 Å². The van der Waals surface area contributed by atoms with Gasteiger partial charge in [-0.1, -0.05) is 90.5 Å². The summed E-state index contributed by atoms with van der Waals surface area (Å²) in [5, 5.41) is 12.3. The first-order chi connectivity index (χ1) is 43.6. The fourth-order valence-corrected chi connectivity index (χ4v) is 12.4. The van der Waals surface area contributed by atoms with Crippen LogP contribution in [0.4, 0.5) is 84.7 Å². The Morgan fingerprint density at radius 2 is 0.742 bits per heavy atom. The summed E-state index contributed by atoms with van der Waals surface area (Å²) in [7, 11) is 0. The van der Waals surface area contributed by atoms with Crippen LogP contribution in [0.1, 0.15) is 55.6 Å². The summed E-state index contributed by atoms with van der Waals surface area (Å²) in [5.74, 6) is 0. The molecule has 0 saturated carbocycles. The van der Waals surface area contributed by atoms with Crippen LogP contribution in [-0.4, -0.2) is 9.13 Å². The maximum atomic E-state index is 15.6. The third-order valence-electron chi connectivity index (χ3n) is 16.5. The molecule has 2 aromatic heterocycles. The predicted octanol–water partition coefficient (Wildman–Crippen LogP) is 23.7. The molecule has 2 heterocycles. The van der Waals surface area contributed by atoms with E-state index in [1.54, 1.807) is 18.2 Å². The Morgan fingerprint density at radius 3 is 1.13 bits per heavy atom. The van der Waals surface area contributed by atoms with Gasteiger partial charge in [0.15, 0.2) is 5.69 Å². The van der Waals surface area contributed by atoms with Gasteiger partial charge in [0.25, 0.3) is 0 Å². The van der Waals surface area contributed by atoms with Gasteiger partial charge in [0.2, 0.25) is 0 Å². The standard InChI is InChI=1S/C71H38F18N4/c1-35-8-16-45(36(2)26-35)38-9-21-59-50(28-38)51-30-40(47-18-14-43(67(75,76)77)32-56(47)70(84,85)86)11-22-60(51)92(59)63-25-20-49(64-55(69(81,82)83)6-5-7-58(64)91-4)65(54(63)34-90)93-61-23-10-39(46-17-13-42(27-37(46)3)66(72,73)74)29-52(61)53-31-41(12-24-62(53)93)48-19-15-44(68(78,79)80)33-57(48)71(87,88)89/h5-33H,1-3H3. The van der Waals surface area contributed by atoms with Crippen LogP contribution in [0.15, 0.2) is 176 Å². The summed E-state index contributed by atoms with van der Waals surface area (Å²) in [6.45, 7) is 13.3. The average molecular weight is 1290 g/mol. The van der Waals surface area contributed by atoms with E-state index in [4.69, 9.17) is 6.57 Å². The third kappa shape index (κ3) is 11.0. The number of hydrogen-bond donors (Lipinski definition) is 0. The number of benzene rings is 10. The molecule has 22 heteroatoms. The van der Waals surface area contributed by atoms with Crippen molar-refractivity contribution in [3.63, 3.8) is 0 Å². The molecule has 0 atom stereocenters. The molecule has 0 fully saturated rings. The molecule has 4 nitrogen and oxygen atoms in total. The summed E-state index contributed by atoms with van der Waals surface area (Å²) in [5.41, 5.74) is -10.0. The molecule has 0 N–H and O–H groups in total. The van der Waals surface area contributed by atoms with Crippen molar-refractivity contribution in [2.24, 2.45) is 0 Å². The van der Waals surface area contributed by atoms with Crippen molar-refractivity contribution >= 4 is 49.3 Å². The van der Waals surface area contributed by atoms with Crippen molar-refractivity contribution in [1.29, 1.82) is 5.26 Å². The maximum Gasteiger partial charge on any atom is 0.417 e. The maximum absolute atomic E-state index is 15.6. The van der Waals surface area contributed by atoms with Gasteiger partial charge in [0.05, 0.1) is 73.4 Å². The zero-order valence-corrected chi connectivity index (χ0v) is 47.8. The van der Waals surface area contributed by atoms with Gasteiger partial charge in [-0.05, 0) is 173 Å². The van der Waals surface area contributed by atoms with Crippen LogP contribution in [0.25, 0.3) is 115 Å². The number of rotatable bonds is 7. The molecule has 0 unspecified atom stereocenters. The first-order valence-electron chi connectivity index (χ1n) is 27.7. The highest BCUT2D eigenvalue weighted by molar-refractivity contribution is 6.14. The van der Waals surface area contributed by atoms with Crippen LogP contribution in [0.5, 0.6) is 0 Å². The molecular weight excluding hydrogens is 1250 g/mol. The van der Waals surface area contributed by atoms with E-state index in [0.717, 1.165) is 53.6 Å². The highest BCUT2D eigenvalue weighted by Gasteiger charge is 2.42. The highest BCUT2D eigenvalue weighted by Crippen LogP contribution is 2.51. The van der Waals surface area contributed by atoms with Crippen molar-refractivity contribution in [3.05, 3.63) is 243 Å². The first kappa shape index (κ1) is 62.7. The SMILES string of the molecule is [C-]#[N+]c1cccc(C(F)(F)F)c1-c1ccc(-n2c3ccc(-c4ccc(C)cc4C)cc3c3cc(-c4ccc(C(F)(F)F)cc4C(F)(F)F)ccc32)c(C#N)c1-n1c2ccc(-c3ccc(C(F)(F)F)cc3C)cc2c2cc(-c3ccc(C(F)(F)F)cc3C(F)(F)F)ccc21. The van der Waals surface area contributed by atoms with Gasteiger partial charge in [-0.2, -0.15) is 84.3 Å². The second-order valence-electron chi connectivity index (χ2n) is 22.2. The molecule has 12 aromatic rings. The first-order valence-corrected chi connectivity index (χ1v) is 27.7. The second kappa shape index (κ2) is 21.9. The van der Waals surface area contributed by atoms with Crippen LogP contribution in [0.3, 0.4) is 0 Å². The number of halogens is 18. The van der Waals surface area contributed by atoms with Crippen molar-refractivity contribution in [3.8, 4) is 73.1 Å². The van der Waals surface area contributed by atoms with Crippen molar-refractivity contribution < 1.29 is 79.0 Å². The zero-order chi connectivity index (χ0) is 67.0. The van der Waals surface area contributed by atoms with Crippen molar-refractivity contribution in [2.75, 3.05) is 0 Å². The van der Waals surface area contributed by atoms with Crippen LogP contribution >= 0.6 is 0 Å². The Balaban J connectivity index is 1.22. The minimum Gasteiger partial charge on any atom is -0.308 e. The summed E-state index contributed by atoms with van der Waals surface area (Å²) >= 11 is 0. The predicted molar refractivity (Wildman–Crippen MR) is 318 cm³/mol. The van der Waals surface area contributed by atoms with Crippen LogP contribution in [0, 0.1) is 38.7 Å². The van der Waals surface area contributed by atoms with Gasteiger partial charge in [-0.3, -0.25) is 0 Å². The van der Waals surface area contributed by atoms with Gasteiger partial charge in [-0.15, -0.1) is 0 Å². The minimum absolute atomic E-state index is 0.0136. The molecule has 0 aliphatic carbocycles. The lowest BCUT2D eigenvalue weighted by Gasteiger charge is -2.23. The molecule has 0 aliphatic rings. The Hall–Kier alpha value is -10.5. The molecule has 468 valence electrons. The third-order valence-corrected chi connectivity index (χ3v) is 16.5. The molecule has 93 heavy (non-hydrogen) atoms. The summed E-state index contributed by atoms with van der Waals surface area (Å²) in [6, 6.07) is 34.4. The van der Waals surface area contributed by atoms with E-state index in [0.29, 0.717) is 41.5 Å². The fourth-order valence-electron chi connectivity index (χ4n) is 12.4.